The minimum absolute atomic E-state index is 0.0345. The second-order valence-corrected chi connectivity index (χ2v) is 5.86. The van der Waals surface area contributed by atoms with E-state index in [-0.39, 0.29) is 21.9 Å². The van der Waals surface area contributed by atoms with Crippen LogP contribution in [0.2, 0.25) is 0 Å². The second kappa shape index (κ2) is 5.44. The molecule has 0 unspecified atom stereocenters. The van der Waals surface area contributed by atoms with E-state index < -0.39 is 16.0 Å². The van der Waals surface area contributed by atoms with Crippen molar-refractivity contribution in [1.29, 1.82) is 0 Å². The van der Waals surface area contributed by atoms with Crippen molar-refractivity contribution in [2.24, 2.45) is 7.05 Å². The minimum Gasteiger partial charge on any atom is -0.495 e. The fourth-order valence-corrected chi connectivity index (χ4v) is 2.71. The second-order valence-electron chi connectivity index (χ2n) is 4.18. The minimum atomic E-state index is -3.87. The molecule has 0 aliphatic heterocycles. The summed E-state index contributed by atoms with van der Waals surface area (Å²) in [6, 6.07) is 3.89. The summed E-state index contributed by atoms with van der Waals surface area (Å²) >= 11 is 0. The van der Waals surface area contributed by atoms with Crippen LogP contribution < -0.4 is 9.46 Å². The Bertz CT molecular complexity index is 782. The van der Waals surface area contributed by atoms with Gasteiger partial charge in [-0.25, -0.2) is 13.2 Å². The lowest BCUT2D eigenvalue weighted by Gasteiger charge is -2.11. The van der Waals surface area contributed by atoms with Crippen molar-refractivity contribution >= 4 is 21.7 Å². The number of carboxylic acid groups (broad SMARTS) is 1. The predicted octanol–water partition coefficient (Wildman–Crippen LogP) is 0.928. The molecule has 0 spiro atoms. The third-order valence-corrected chi connectivity index (χ3v) is 4.00. The number of hydrogen-bond donors (Lipinski definition) is 2. The van der Waals surface area contributed by atoms with Gasteiger partial charge in [0.15, 0.2) is 0 Å². The quantitative estimate of drug-likeness (QED) is 0.849. The first-order chi connectivity index (χ1) is 9.83. The van der Waals surface area contributed by atoms with Crippen molar-refractivity contribution in [3.05, 3.63) is 36.2 Å². The molecular formula is C12H13N3O5S. The SMILES string of the molecule is COc1ccc(C(=O)O)cc1NS(=O)(=O)c1cnn(C)c1. The summed E-state index contributed by atoms with van der Waals surface area (Å²) in [6.07, 6.45) is 2.52. The molecule has 0 aliphatic rings. The Morgan fingerprint density at radius 2 is 2.14 bits per heavy atom. The van der Waals surface area contributed by atoms with E-state index in [4.69, 9.17) is 9.84 Å². The topological polar surface area (TPSA) is 111 Å². The van der Waals surface area contributed by atoms with E-state index >= 15 is 0 Å². The van der Waals surface area contributed by atoms with Gasteiger partial charge in [0, 0.05) is 13.2 Å². The highest BCUT2D eigenvalue weighted by Gasteiger charge is 2.19. The number of ether oxygens (including phenoxy) is 1. The fourth-order valence-electron chi connectivity index (χ4n) is 1.66. The lowest BCUT2D eigenvalue weighted by Crippen LogP contribution is -2.13. The van der Waals surface area contributed by atoms with Crippen LogP contribution in [0.25, 0.3) is 0 Å². The normalized spacial score (nSPS) is 11.1. The third kappa shape index (κ3) is 3.14. The van der Waals surface area contributed by atoms with Crippen LogP contribution in [-0.4, -0.2) is 36.4 Å². The molecule has 0 saturated carbocycles. The first-order valence-corrected chi connectivity index (χ1v) is 7.24. The number of carbonyl (C=O) groups is 1. The molecule has 1 heterocycles. The number of aromatic nitrogens is 2. The highest BCUT2D eigenvalue weighted by molar-refractivity contribution is 7.92. The molecule has 2 N–H and O–H groups in total. The van der Waals surface area contributed by atoms with E-state index in [9.17, 15) is 13.2 Å². The van der Waals surface area contributed by atoms with Crippen molar-refractivity contribution in [3.8, 4) is 5.75 Å². The van der Waals surface area contributed by atoms with E-state index in [2.05, 4.69) is 9.82 Å². The molecule has 9 heteroatoms. The summed E-state index contributed by atoms with van der Waals surface area (Å²) < 4.78 is 33.1. The average molecular weight is 311 g/mol. The molecule has 0 fully saturated rings. The molecule has 2 aromatic rings. The Morgan fingerprint density at radius 3 is 2.67 bits per heavy atom. The summed E-state index contributed by atoms with van der Waals surface area (Å²) in [4.78, 5) is 10.9. The zero-order valence-corrected chi connectivity index (χ0v) is 12.1. The molecule has 0 amide bonds. The first-order valence-electron chi connectivity index (χ1n) is 5.76. The molecule has 2 rings (SSSR count). The van der Waals surface area contributed by atoms with Crippen LogP contribution in [-0.2, 0) is 17.1 Å². The number of methoxy groups -OCH3 is 1. The molecule has 1 aromatic heterocycles. The monoisotopic (exact) mass is 311 g/mol. The maximum atomic E-state index is 12.2. The van der Waals surface area contributed by atoms with Gasteiger partial charge in [0.1, 0.15) is 10.6 Å². The van der Waals surface area contributed by atoms with Gasteiger partial charge in [-0.15, -0.1) is 0 Å². The number of nitrogens with zero attached hydrogens (tertiary/aromatic N) is 2. The fraction of sp³-hybridized carbons (Fsp3) is 0.167. The molecule has 21 heavy (non-hydrogen) atoms. The van der Waals surface area contributed by atoms with Gasteiger partial charge < -0.3 is 9.84 Å². The van der Waals surface area contributed by atoms with Crippen LogP contribution in [0.1, 0.15) is 10.4 Å². The van der Waals surface area contributed by atoms with Crippen molar-refractivity contribution < 1.29 is 23.1 Å². The highest BCUT2D eigenvalue weighted by Crippen LogP contribution is 2.28. The first kappa shape index (κ1) is 14.9. The Morgan fingerprint density at radius 1 is 1.43 bits per heavy atom. The molecule has 0 saturated heterocycles. The largest absolute Gasteiger partial charge is 0.495 e. The lowest BCUT2D eigenvalue weighted by atomic mass is 10.2. The smallest absolute Gasteiger partial charge is 0.335 e. The predicted molar refractivity (Wildman–Crippen MR) is 74.0 cm³/mol. The maximum absolute atomic E-state index is 12.2. The van der Waals surface area contributed by atoms with Crippen molar-refractivity contribution in [2.45, 2.75) is 4.90 Å². The average Bonchev–Trinajstić information content (AvgIpc) is 2.85. The number of aryl methyl sites for hydroxylation is 1. The number of carboxylic acids is 1. The summed E-state index contributed by atoms with van der Waals surface area (Å²) in [5.74, 6) is -0.952. The van der Waals surface area contributed by atoms with Crippen LogP contribution in [0, 0.1) is 0 Å². The summed E-state index contributed by atoms with van der Waals surface area (Å²) in [6.45, 7) is 0. The number of rotatable bonds is 5. The summed E-state index contributed by atoms with van der Waals surface area (Å²) in [5.41, 5.74) is -0.0130. The van der Waals surface area contributed by atoms with E-state index in [1.807, 2.05) is 0 Å². The van der Waals surface area contributed by atoms with Crippen LogP contribution >= 0.6 is 0 Å². The van der Waals surface area contributed by atoms with Gasteiger partial charge in [-0.05, 0) is 18.2 Å². The molecule has 0 bridgehead atoms. The Labute approximate surface area is 121 Å². The molecule has 112 valence electrons. The molecule has 0 radical (unpaired) electrons. The van der Waals surface area contributed by atoms with Gasteiger partial charge in [-0.2, -0.15) is 5.10 Å². The van der Waals surface area contributed by atoms with Gasteiger partial charge >= 0.3 is 5.97 Å². The molecule has 8 nitrogen and oxygen atoms in total. The Balaban J connectivity index is 2.42. The van der Waals surface area contributed by atoms with E-state index in [0.717, 1.165) is 0 Å². The lowest BCUT2D eigenvalue weighted by molar-refractivity contribution is 0.0697. The van der Waals surface area contributed by atoms with Crippen molar-refractivity contribution in [2.75, 3.05) is 11.8 Å². The van der Waals surface area contributed by atoms with Crippen LogP contribution in [0.4, 0.5) is 5.69 Å². The van der Waals surface area contributed by atoms with Gasteiger partial charge in [0.25, 0.3) is 10.0 Å². The van der Waals surface area contributed by atoms with Gasteiger partial charge in [-0.3, -0.25) is 9.40 Å². The van der Waals surface area contributed by atoms with Gasteiger partial charge in [-0.1, -0.05) is 0 Å². The van der Waals surface area contributed by atoms with Crippen molar-refractivity contribution in [3.63, 3.8) is 0 Å². The van der Waals surface area contributed by atoms with E-state index in [1.165, 1.54) is 42.4 Å². The number of anilines is 1. The zero-order chi connectivity index (χ0) is 15.6. The Hall–Kier alpha value is -2.55. The number of benzene rings is 1. The van der Waals surface area contributed by atoms with Gasteiger partial charge in [0.2, 0.25) is 0 Å². The number of hydrogen-bond acceptors (Lipinski definition) is 5. The Kier molecular flexibility index (Phi) is 3.85. The highest BCUT2D eigenvalue weighted by atomic mass is 32.2. The maximum Gasteiger partial charge on any atom is 0.335 e. The molecule has 1 aromatic carbocycles. The molecular weight excluding hydrogens is 298 g/mol. The number of sulfonamides is 1. The standard InChI is InChI=1S/C12H13N3O5S/c1-15-7-9(6-13-15)21(18,19)14-10-5-8(12(16)17)3-4-11(10)20-2/h3-7,14H,1-2H3,(H,16,17). The molecule has 0 aliphatic carbocycles. The van der Waals surface area contributed by atoms with Crippen molar-refractivity contribution in [1.82, 2.24) is 9.78 Å². The summed E-state index contributed by atoms with van der Waals surface area (Å²) in [7, 11) is -0.927. The van der Waals surface area contributed by atoms with Gasteiger partial charge in [0.05, 0.1) is 24.6 Å². The van der Waals surface area contributed by atoms with Crippen LogP contribution in [0.5, 0.6) is 5.75 Å². The number of nitrogens with one attached hydrogen (secondary N) is 1. The summed E-state index contributed by atoms with van der Waals surface area (Å²) in [5, 5.41) is 12.7. The van der Waals surface area contributed by atoms with E-state index in [1.54, 1.807) is 7.05 Å². The van der Waals surface area contributed by atoms with Crippen LogP contribution in [0.15, 0.2) is 35.5 Å². The van der Waals surface area contributed by atoms with E-state index in [0.29, 0.717) is 0 Å². The zero-order valence-electron chi connectivity index (χ0n) is 11.3. The molecule has 0 atom stereocenters. The van der Waals surface area contributed by atoms with Crippen LogP contribution in [0.3, 0.4) is 0 Å². The third-order valence-electron chi connectivity index (χ3n) is 2.68. The number of aromatic carboxylic acids is 1.